The topological polar surface area (TPSA) is 84.9 Å². The summed E-state index contributed by atoms with van der Waals surface area (Å²) in [6.07, 6.45) is 3.30. The number of hydrogen-bond acceptors (Lipinski definition) is 5. The van der Waals surface area contributed by atoms with Gasteiger partial charge in [0.25, 0.3) is 0 Å². The van der Waals surface area contributed by atoms with Crippen LogP contribution in [0.2, 0.25) is 0 Å². The molecule has 1 aromatic rings. The van der Waals surface area contributed by atoms with Crippen molar-refractivity contribution in [1.82, 2.24) is 5.32 Å². The fraction of sp³-hybridized carbons (Fsp3) is 0.412. The van der Waals surface area contributed by atoms with E-state index in [9.17, 15) is 9.59 Å². The van der Waals surface area contributed by atoms with E-state index in [0.717, 1.165) is 11.3 Å². The van der Waals surface area contributed by atoms with Gasteiger partial charge in [0.05, 0.1) is 14.2 Å². The molecule has 0 bridgehead atoms. The summed E-state index contributed by atoms with van der Waals surface area (Å²) in [6.45, 7) is 2.00. The number of carboxylic acids is 1. The number of amides is 1. The molecule has 0 aliphatic heterocycles. The second kappa shape index (κ2) is 10.6. The lowest BCUT2D eigenvalue weighted by Crippen LogP contribution is -2.40. The second-order valence-corrected chi connectivity index (χ2v) is 6.23. The van der Waals surface area contributed by atoms with Gasteiger partial charge in [-0.15, -0.1) is 0 Å². The van der Waals surface area contributed by atoms with Crippen molar-refractivity contribution >= 4 is 29.7 Å². The first-order valence-corrected chi connectivity index (χ1v) is 8.68. The Labute approximate surface area is 146 Å². The maximum absolute atomic E-state index is 11.9. The van der Waals surface area contributed by atoms with Crippen LogP contribution < -0.4 is 14.8 Å². The van der Waals surface area contributed by atoms with E-state index < -0.39 is 17.9 Å². The summed E-state index contributed by atoms with van der Waals surface area (Å²) in [5, 5.41) is 11.7. The van der Waals surface area contributed by atoms with Gasteiger partial charge in [0.2, 0.25) is 5.91 Å². The van der Waals surface area contributed by atoms with Gasteiger partial charge in [-0.2, -0.15) is 11.8 Å². The van der Waals surface area contributed by atoms with Gasteiger partial charge in [0, 0.05) is 6.08 Å². The second-order valence-electron chi connectivity index (χ2n) is 4.83. The van der Waals surface area contributed by atoms with Crippen LogP contribution in [0.5, 0.6) is 11.5 Å². The van der Waals surface area contributed by atoms with Crippen LogP contribution in [0, 0.1) is 0 Å². The van der Waals surface area contributed by atoms with Crippen LogP contribution in [-0.4, -0.2) is 48.8 Å². The lowest BCUT2D eigenvalue weighted by molar-refractivity contribution is -0.141. The molecule has 1 unspecified atom stereocenters. The monoisotopic (exact) mass is 353 g/mol. The molecule has 2 N–H and O–H groups in total. The Bertz CT molecular complexity index is 588. The highest BCUT2D eigenvalue weighted by atomic mass is 32.2. The van der Waals surface area contributed by atoms with E-state index in [4.69, 9.17) is 14.6 Å². The molecule has 6 nitrogen and oxygen atoms in total. The highest BCUT2D eigenvalue weighted by Gasteiger charge is 2.18. The fourth-order valence-electron chi connectivity index (χ4n) is 1.95. The minimum absolute atomic E-state index is 0.393. The maximum atomic E-state index is 11.9. The normalized spacial score (nSPS) is 12.0. The quantitative estimate of drug-likeness (QED) is 0.496. The predicted octanol–water partition coefficient (Wildman–Crippen LogP) is 2.43. The first-order chi connectivity index (χ1) is 11.5. The molecule has 0 fully saturated rings. The smallest absolute Gasteiger partial charge is 0.326 e. The van der Waals surface area contributed by atoms with Crippen molar-refractivity contribution in [3.8, 4) is 11.5 Å². The van der Waals surface area contributed by atoms with Crippen molar-refractivity contribution < 1.29 is 24.2 Å². The molecule has 1 rings (SSSR count). The molecule has 1 aromatic carbocycles. The van der Waals surface area contributed by atoms with E-state index in [-0.39, 0.29) is 0 Å². The summed E-state index contributed by atoms with van der Waals surface area (Å²) >= 11 is 1.64. The van der Waals surface area contributed by atoms with Crippen molar-refractivity contribution in [2.75, 3.05) is 25.7 Å². The van der Waals surface area contributed by atoms with E-state index in [0.29, 0.717) is 23.7 Å². The number of methoxy groups -OCH3 is 2. The Kier molecular flexibility index (Phi) is 8.78. The van der Waals surface area contributed by atoms with Crippen molar-refractivity contribution in [2.24, 2.45) is 0 Å². The Morgan fingerprint density at radius 1 is 1.29 bits per heavy atom. The highest BCUT2D eigenvalue weighted by molar-refractivity contribution is 7.99. The zero-order chi connectivity index (χ0) is 17.9. The summed E-state index contributed by atoms with van der Waals surface area (Å²) in [5.74, 6) is 1.28. The third kappa shape index (κ3) is 6.54. The zero-order valence-electron chi connectivity index (χ0n) is 14.1. The molecule has 1 atom stereocenters. The standard InChI is InChI=1S/C17H23NO5S/c1-4-24-10-9-13(17(20)21)18-16(19)8-6-12-5-7-14(22-2)15(11-12)23-3/h5-8,11,13H,4,9-10H2,1-3H3,(H,18,19)(H,20,21)/b8-6+. The van der Waals surface area contributed by atoms with Gasteiger partial charge in [-0.1, -0.05) is 13.0 Å². The van der Waals surface area contributed by atoms with Gasteiger partial charge in [-0.25, -0.2) is 4.79 Å². The third-order valence-corrected chi connectivity index (χ3v) is 4.14. The minimum atomic E-state index is -1.03. The van der Waals surface area contributed by atoms with Crippen LogP contribution in [-0.2, 0) is 9.59 Å². The number of thioether (sulfide) groups is 1. The van der Waals surface area contributed by atoms with Gasteiger partial charge in [0.15, 0.2) is 11.5 Å². The number of hydrogen-bond donors (Lipinski definition) is 2. The Morgan fingerprint density at radius 2 is 2.00 bits per heavy atom. The summed E-state index contributed by atoms with van der Waals surface area (Å²) in [4.78, 5) is 23.1. The first kappa shape index (κ1) is 19.9. The number of rotatable bonds is 10. The van der Waals surface area contributed by atoms with Crippen LogP contribution >= 0.6 is 11.8 Å². The molecule has 0 spiro atoms. The third-order valence-electron chi connectivity index (χ3n) is 3.20. The van der Waals surface area contributed by atoms with Gasteiger partial charge in [-0.3, -0.25) is 4.79 Å². The van der Waals surface area contributed by atoms with Crippen LogP contribution in [0.1, 0.15) is 18.9 Å². The van der Waals surface area contributed by atoms with Gasteiger partial charge >= 0.3 is 5.97 Å². The molecular formula is C17H23NO5S. The van der Waals surface area contributed by atoms with Crippen molar-refractivity contribution in [1.29, 1.82) is 0 Å². The zero-order valence-corrected chi connectivity index (χ0v) is 14.9. The molecule has 0 radical (unpaired) electrons. The number of benzene rings is 1. The Hall–Kier alpha value is -2.15. The number of nitrogens with one attached hydrogen (secondary N) is 1. The highest BCUT2D eigenvalue weighted by Crippen LogP contribution is 2.27. The molecular weight excluding hydrogens is 330 g/mol. The molecule has 1 amide bonds. The predicted molar refractivity (Wildman–Crippen MR) is 95.8 cm³/mol. The lowest BCUT2D eigenvalue weighted by Gasteiger charge is -2.12. The fourth-order valence-corrected chi connectivity index (χ4v) is 2.64. The molecule has 0 heterocycles. The summed E-state index contributed by atoms with van der Waals surface area (Å²) in [5.41, 5.74) is 0.746. The molecule has 0 aliphatic carbocycles. The molecule has 24 heavy (non-hydrogen) atoms. The van der Waals surface area contributed by atoms with Crippen molar-refractivity contribution in [2.45, 2.75) is 19.4 Å². The number of carboxylic acid groups (broad SMARTS) is 1. The average Bonchev–Trinajstić information content (AvgIpc) is 2.58. The van der Waals surface area contributed by atoms with E-state index >= 15 is 0 Å². The van der Waals surface area contributed by atoms with Crippen LogP contribution in [0.15, 0.2) is 24.3 Å². The lowest BCUT2D eigenvalue weighted by atomic mass is 10.1. The minimum Gasteiger partial charge on any atom is -0.493 e. The van der Waals surface area contributed by atoms with Gasteiger partial charge in [0.1, 0.15) is 6.04 Å². The maximum Gasteiger partial charge on any atom is 0.326 e. The Balaban J connectivity index is 2.68. The first-order valence-electron chi connectivity index (χ1n) is 7.53. The average molecular weight is 353 g/mol. The number of carbonyl (C=O) groups excluding carboxylic acids is 1. The Morgan fingerprint density at radius 3 is 2.58 bits per heavy atom. The SMILES string of the molecule is CCSCCC(NC(=O)/C=C/c1ccc(OC)c(OC)c1)C(=O)O. The summed E-state index contributed by atoms with van der Waals surface area (Å²) in [6, 6.07) is 4.36. The number of carbonyl (C=O) groups is 2. The molecule has 0 aromatic heterocycles. The summed E-state index contributed by atoms with van der Waals surface area (Å²) < 4.78 is 10.3. The molecule has 7 heteroatoms. The van der Waals surface area contributed by atoms with E-state index in [1.807, 2.05) is 6.92 Å². The molecule has 0 saturated carbocycles. The van der Waals surface area contributed by atoms with Gasteiger partial charge < -0.3 is 19.9 Å². The van der Waals surface area contributed by atoms with Gasteiger partial charge in [-0.05, 0) is 41.7 Å². The molecule has 0 aliphatic rings. The summed E-state index contributed by atoms with van der Waals surface area (Å²) in [7, 11) is 3.08. The number of aliphatic carboxylic acids is 1. The van der Waals surface area contributed by atoms with Crippen LogP contribution in [0.3, 0.4) is 0 Å². The molecule has 132 valence electrons. The van der Waals surface area contributed by atoms with E-state index in [1.54, 1.807) is 43.1 Å². The van der Waals surface area contributed by atoms with Crippen LogP contribution in [0.4, 0.5) is 0 Å². The van der Waals surface area contributed by atoms with Crippen molar-refractivity contribution in [3.63, 3.8) is 0 Å². The van der Waals surface area contributed by atoms with E-state index in [2.05, 4.69) is 5.32 Å². The largest absolute Gasteiger partial charge is 0.493 e. The molecule has 0 saturated heterocycles. The van der Waals surface area contributed by atoms with Crippen LogP contribution in [0.25, 0.3) is 6.08 Å². The number of ether oxygens (including phenoxy) is 2. The van der Waals surface area contributed by atoms with E-state index in [1.165, 1.54) is 13.2 Å². The van der Waals surface area contributed by atoms with Crippen molar-refractivity contribution in [3.05, 3.63) is 29.8 Å².